The van der Waals surface area contributed by atoms with Crippen LogP contribution < -0.4 is 0 Å². The number of nitrogens with zero attached hydrogens (tertiary/aromatic N) is 1. The summed E-state index contributed by atoms with van der Waals surface area (Å²) in [6.45, 7) is 17.3. The van der Waals surface area contributed by atoms with E-state index in [0.717, 1.165) is 58.7 Å². The quantitative estimate of drug-likeness (QED) is 0.228. The van der Waals surface area contributed by atoms with Crippen molar-refractivity contribution in [3.63, 3.8) is 0 Å². The van der Waals surface area contributed by atoms with Crippen LogP contribution in [0.3, 0.4) is 0 Å². The molecule has 0 radical (unpaired) electrons. The summed E-state index contributed by atoms with van der Waals surface area (Å²) in [7, 11) is 0. The minimum absolute atomic E-state index is 0.643. The summed E-state index contributed by atoms with van der Waals surface area (Å²) in [6, 6.07) is 0. The highest BCUT2D eigenvalue weighted by Crippen LogP contribution is 1.93. The first-order chi connectivity index (χ1) is 13.8. The third-order valence-electron chi connectivity index (χ3n) is 3.82. The number of ether oxygens (including phenoxy) is 6. The third-order valence-corrected chi connectivity index (χ3v) is 3.82. The lowest BCUT2D eigenvalue weighted by Gasteiger charge is -2.22. The van der Waals surface area contributed by atoms with Crippen molar-refractivity contribution in [2.24, 2.45) is 0 Å². The van der Waals surface area contributed by atoms with Crippen molar-refractivity contribution in [2.45, 2.75) is 40.0 Å². The van der Waals surface area contributed by atoms with Gasteiger partial charge in [-0.3, -0.25) is 4.90 Å². The maximum atomic E-state index is 5.67. The first-order valence-corrected chi connectivity index (χ1v) is 11.0. The molecule has 0 aromatic carbocycles. The zero-order valence-corrected chi connectivity index (χ0v) is 18.6. The Hall–Kier alpha value is -0.280. The Morgan fingerprint density at radius 1 is 0.357 bits per heavy atom. The minimum atomic E-state index is 0.643. The van der Waals surface area contributed by atoms with Crippen LogP contribution in [0.4, 0.5) is 0 Å². The molecule has 0 aromatic rings. The molecule has 170 valence electrons. The second-order valence-electron chi connectivity index (χ2n) is 6.52. The summed E-state index contributed by atoms with van der Waals surface area (Å²) < 4.78 is 33.3. The normalized spacial score (nSPS) is 11.6. The van der Waals surface area contributed by atoms with E-state index in [-0.39, 0.29) is 0 Å². The molecule has 7 heteroatoms. The van der Waals surface area contributed by atoms with E-state index >= 15 is 0 Å². The molecular weight excluding hydrogens is 362 g/mol. The fourth-order valence-corrected chi connectivity index (χ4v) is 2.32. The molecule has 0 bridgehead atoms. The molecule has 0 fully saturated rings. The van der Waals surface area contributed by atoms with Crippen LogP contribution in [-0.2, 0) is 28.4 Å². The molecule has 0 atom stereocenters. The molecule has 7 nitrogen and oxygen atoms in total. The Morgan fingerprint density at radius 2 is 0.607 bits per heavy atom. The van der Waals surface area contributed by atoms with Crippen LogP contribution in [0.1, 0.15) is 40.0 Å². The number of hydrogen-bond donors (Lipinski definition) is 0. The van der Waals surface area contributed by atoms with Crippen LogP contribution >= 0.6 is 0 Å². The fraction of sp³-hybridized carbons (Fsp3) is 1.00. The van der Waals surface area contributed by atoms with Crippen molar-refractivity contribution in [3.8, 4) is 0 Å². The van der Waals surface area contributed by atoms with Crippen molar-refractivity contribution in [1.82, 2.24) is 4.90 Å². The van der Waals surface area contributed by atoms with Gasteiger partial charge in [-0.15, -0.1) is 0 Å². The summed E-state index contributed by atoms with van der Waals surface area (Å²) in [4.78, 5) is 2.31. The molecule has 0 unspecified atom stereocenters. The molecule has 0 aliphatic carbocycles. The van der Waals surface area contributed by atoms with Crippen molar-refractivity contribution in [3.05, 3.63) is 0 Å². The predicted molar refractivity (Wildman–Crippen MR) is 112 cm³/mol. The van der Waals surface area contributed by atoms with Gasteiger partial charge >= 0.3 is 0 Å². The first kappa shape index (κ1) is 27.7. The van der Waals surface area contributed by atoms with Gasteiger partial charge in [0.2, 0.25) is 0 Å². The number of hydrogen-bond acceptors (Lipinski definition) is 7. The molecule has 0 saturated heterocycles. The minimum Gasteiger partial charge on any atom is -0.379 e. The van der Waals surface area contributed by atoms with Crippen LogP contribution in [0.2, 0.25) is 0 Å². The van der Waals surface area contributed by atoms with E-state index in [9.17, 15) is 0 Å². The van der Waals surface area contributed by atoms with Gasteiger partial charge in [-0.05, 0) is 19.3 Å². The van der Waals surface area contributed by atoms with E-state index in [0.29, 0.717) is 59.5 Å². The van der Waals surface area contributed by atoms with Gasteiger partial charge in [0.05, 0.1) is 59.5 Å². The first-order valence-electron chi connectivity index (χ1n) is 11.0. The zero-order chi connectivity index (χ0) is 20.5. The molecule has 0 saturated carbocycles. The van der Waals surface area contributed by atoms with Gasteiger partial charge in [0.25, 0.3) is 0 Å². The highest BCUT2D eigenvalue weighted by Gasteiger charge is 2.05. The van der Waals surface area contributed by atoms with Gasteiger partial charge in [0, 0.05) is 39.5 Å². The van der Waals surface area contributed by atoms with Gasteiger partial charge in [0.1, 0.15) is 0 Å². The Morgan fingerprint density at radius 3 is 0.857 bits per heavy atom. The number of rotatable bonds is 24. The van der Waals surface area contributed by atoms with Crippen LogP contribution in [0.25, 0.3) is 0 Å². The van der Waals surface area contributed by atoms with Crippen molar-refractivity contribution in [1.29, 1.82) is 0 Å². The maximum absolute atomic E-state index is 5.67. The van der Waals surface area contributed by atoms with Gasteiger partial charge in [-0.1, -0.05) is 20.8 Å². The lowest BCUT2D eigenvalue weighted by molar-refractivity contribution is 0.0107. The standard InChI is InChI=1S/C21H45NO6/c1-4-10-23-16-19-26-13-7-22(8-14-27-20-17-24-11-5-2)9-15-28-21-18-25-12-6-3/h4-21H2,1-3H3. The molecule has 0 N–H and O–H groups in total. The Balaban J connectivity index is 3.80. The van der Waals surface area contributed by atoms with Crippen LogP contribution in [-0.4, -0.2) is 104 Å². The summed E-state index contributed by atoms with van der Waals surface area (Å²) in [5.41, 5.74) is 0. The van der Waals surface area contributed by atoms with E-state index in [1.807, 2.05) is 0 Å². The lowest BCUT2D eigenvalue weighted by atomic mass is 10.4. The third kappa shape index (κ3) is 22.0. The molecular formula is C21H45NO6. The topological polar surface area (TPSA) is 58.6 Å². The summed E-state index contributed by atoms with van der Waals surface area (Å²) in [6.07, 6.45) is 3.13. The van der Waals surface area contributed by atoms with Crippen molar-refractivity contribution in [2.75, 3.05) is 98.9 Å². The van der Waals surface area contributed by atoms with E-state index in [2.05, 4.69) is 25.7 Å². The van der Waals surface area contributed by atoms with E-state index in [1.54, 1.807) is 0 Å². The molecule has 0 aromatic heterocycles. The van der Waals surface area contributed by atoms with E-state index in [1.165, 1.54) is 0 Å². The Bertz CT molecular complexity index is 241. The van der Waals surface area contributed by atoms with Gasteiger partial charge in [-0.25, -0.2) is 0 Å². The van der Waals surface area contributed by atoms with Gasteiger partial charge in [-0.2, -0.15) is 0 Å². The Kier molecular flexibility index (Phi) is 24.5. The second kappa shape index (κ2) is 24.8. The van der Waals surface area contributed by atoms with Crippen LogP contribution in [0.5, 0.6) is 0 Å². The summed E-state index contributed by atoms with van der Waals surface area (Å²) in [5.74, 6) is 0. The van der Waals surface area contributed by atoms with Crippen LogP contribution in [0.15, 0.2) is 0 Å². The van der Waals surface area contributed by atoms with Gasteiger partial charge in [0.15, 0.2) is 0 Å². The maximum Gasteiger partial charge on any atom is 0.0701 e. The van der Waals surface area contributed by atoms with E-state index in [4.69, 9.17) is 28.4 Å². The van der Waals surface area contributed by atoms with Crippen LogP contribution in [0, 0.1) is 0 Å². The predicted octanol–water partition coefficient (Wildman–Crippen LogP) is 2.62. The lowest BCUT2D eigenvalue weighted by Crippen LogP contribution is -2.34. The van der Waals surface area contributed by atoms with Crippen molar-refractivity contribution < 1.29 is 28.4 Å². The zero-order valence-electron chi connectivity index (χ0n) is 18.6. The molecule has 0 aliphatic rings. The average Bonchev–Trinajstić information content (AvgIpc) is 2.71. The SMILES string of the molecule is CCCOCCOCCN(CCOCCOCCC)CCOCCOCCC. The average molecular weight is 408 g/mol. The molecule has 0 rings (SSSR count). The van der Waals surface area contributed by atoms with Crippen molar-refractivity contribution >= 4 is 0 Å². The highest BCUT2D eigenvalue weighted by atomic mass is 16.5. The molecule has 0 heterocycles. The monoisotopic (exact) mass is 407 g/mol. The smallest absolute Gasteiger partial charge is 0.0701 e. The Labute approximate surface area is 172 Å². The van der Waals surface area contributed by atoms with E-state index < -0.39 is 0 Å². The molecule has 28 heavy (non-hydrogen) atoms. The molecule has 0 aliphatic heterocycles. The molecule has 0 amide bonds. The largest absolute Gasteiger partial charge is 0.379 e. The fourth-order valence-electron chi connectivity index (χ4n) is 2.32. The second-order valence-corrected chi connectivity index (χ2v) is 6.52. The molecule has 0 spiro atoms. The highest BCUT2D eigenvalue weighted by molar-refractivity contribution is 4.57. The van der Waals surface area contributed by atoms with Gasteiger partial charge < -0.3 is 28.4 Å². The summed E-state index contributed by atoms with van der Waals surface area (Å²) >= 11 is 0. The summed E-state index contributed by atoms with van der Waals surface area (Å²) in [5, 5.41) is 0.